The van der Waals surface area contributed by atoms with Gasteiger partial charge in [0.2, 0.25) is 0 Å². The van der Waals surface area contributed by atoms with E-state index < -0.39 is 40.7 Å². The number of imidazole rings is 1. The molecule has 1 fully saturated rings. The van der Waals surface area contributed by atoms with Crippen molar-refractivity contribution in [3.05, 3.63) is 22.0 Å². The minimum atomic E-state index is -1.01. The van der Waals surface area contributed by atoms with Gasteiger partial charge in [-0.25, -0.2) is 9.37 Å². The average Bonchev–Trinajstić information content (AvgIpc) is 2.87. The molecule has 7 nitrogen and oxygen atoms in total. The molecular formula is C8H9BrFN3O4. The van der Waals surface area contributed by atoms with E-state index in [0.29, 0.717) is 5.69 Å². The molecular weight excluding hydrogens is 301 g/mol. The number of H-pyrrole nitrogens is 1. The molecule has 2 N–H and O–H groups in total. The number of nitrogens with zero attached hydrogens (tertiary/aromatic N) is 2. The minimum Gasteiger partial charge on any atom is -0.390 e. The van der Waals surface area contributed by atoms with E-state index in [9.17, 15) is 19.6 Å². The summed E-state index contributed by atoms with van der Waals surface area (Å²) >= 11 is 3.18. The van der Waals surface area contributed by atoms with Crippen molar-refractivity contribution in [2.75, 3.05) is 6.67 Å². The molecule has 0 aliphatic carbocycles. The molecule has 0 bridgehead atoms. The van der Waals surface area contributed by atoms with Crippen LogP contribution < -0.4 is 0 Å². The lowest BCUT2D eigenvalue weighted by molar-refractivity contribution is -0.393. The topological polar surface area (TPSA) is 101 Å². The van der Waals surface area contributed by atoms with Crippen molar-refractivity contribution < 1.29 is 19.2 Å². The quantitative estimate of drug-likeness (QED) is 0.490. The smallest absolute Gasteiger partial charge is 0.390 e. The van der Waals surface area contributed by atoms with E-state index in [4.69, 9.17) is 4.74 Å². The number of rotatable bonds is 3. The third kappa shape index (κ3) is 2.17. The van der Waals surface area contributed by atoms with Crippen LogP contribution in [0, 0.1) is 10.1 Å². The minimum absolute atomic E-state index is 0.327. The Hall–Kier alpha value is -1.06. The summed E-state index contributed by atoms with van der Waals surface area (Å²) in [5, 5.41) is 20.1. The Morgan fingerprint density at radius 3 is 2.94 bits per heavy atom. The number of hydrogen-bond donors (Lipinski definition) is 2. The van der Waals surface area contributed by atoms with E-state index in [1.54, 1.807) is 0 Å². The van der Waals surface area contributed by atoms with Gasteiger partial charge in [-0.05, 0) is 4.92 Å². The van der Waals surface area contributed by atoms with Gasteiger partial charge in [-0.15, -0.1) is 0 Å². The maximum absolute atomic E-state index is 12.5. The fraction of sp³-hybridized carbons (Fsp3) is 0.625. The standard InChI is InChI=1S/C8H9BrFN3O4/c9-5-6(14)4(1-10)17-7(5)3-2-11-8(12-3)13(15)16/h2,4-7,14H,1H2,(H,11,12)/t4-,5-,6-,7+/m1/s1. The van der Waals surface area contributed by atoms with E-state index in [-0.39, 0.29) is 0 Å². The molecule has 0 spiro atoms. The molecule has 9 heteroatoms. The summed E-state index contributed by atoms with van der Waals surface area (Å²) in [6.07, 6.45) is -1.39. The van der Waals surface area contributed by atoms with Crippen molar-refractivity contribution in [1.82, 2.24) is 9.97 Å². The number of aromatic amines is 1. The lowest BCUT2D eigenvalue weighted by Gasteiger charge is -2.09. The zero-order valence-electron chi connectivity index (χ0n) is 8.42. The van der Waals surface area contributed by atoms with E-state index in [2.05, 4.69) is 25.9 Å². The van der Waals surface area contributed by atoms with Crippen LogP contribution in [0.5, 0.6) is 0 Å². The number of ether oxygens (including phenoxy) is 1. The van der Waals surface area contributed by atoms with Crippen LogP contribution in [0.4, 0.5) is 10.3 Å². The lowest BCUT2D eigenvalue weighted by atomic mass is 10.1. The first-order chi connectivity index (χ1) is 8.04. The van der Waals surface area contributed by atoms with Crippen LogP contribution in [0.15, 0.2) is 6.20 Å². The summed E-state index contributed by atoms with van der Waals surface area (Å²) in [5.41, 5.74) is 0.327. The second kappa shape index (κ2) is 4.67. The summed E-state index contributed by atoms with van der Waals surface area (Å²) in [6, 6.07) is 0. The molecule has 94 valence electrons. The number of nitro groups is 1. The zero-order valence-corrected chi connectivity index (χ0v) is 10.0. The van der Waals surface area contributed by atoms with Crippen molar-refractivity contribution in [2.45, 2.75) is 23.1 Å². The molecule has 0 aromatic carbocycles. The highest BCUT2D eigenvalue weighted by atomic mass is 79.9. The van der Waals surface area contributed by atoms with Crippen LogP contribution in [0.2, 0.25) is 0 Å². The summed E-state index contributed by atoms with van der Waals surface area (Å²) < 4.78 is 17.8. The van der Waals surface area contributed by atoms with E-state index >= 15 is 0 Å². The average molecular weight is 310 g/mol. The summed E-state index contributed by atoms with van der Waals surface area (Å²) in [6.45, 7) is -0.823. The molecule has 1 aromatic rings. The van der Waals surface area contributed by atoms with E-state index in [0.717, 1.165) is 0 Å². The van der Waals surface area contributed by atoms with Gasteiger partial charge in [0.1, 0.15) is 30.8 Å². The van der Waals surface area contributed by atoms with Gasteiger partial charge in [0.25, 0.3) is 0 Å². The lowest BCUT2D eigenvalue weighted by Crippen LogP contribution is -2.28. The monoisotopic (exact) mass is 309 g/mol. The Morgan fingerprint density at radius 2 is 2.47 bits per heavy atom. The number of aliphatic hydroxyl groups is 1. The Balaban J connectivity index is 2.19. The van der Waals surface area contributed by atoms with Gasteiger partial charge in [-0.2, -0.15) is 0 Å². The SMILES string of the molecule is O=[N+]([O-])c1ncc([C@@H]2O[C@H](CF)[C@@H](O)[C@H]2Br)[nH]1. The Bertz CT molecular complexity index is 429. The van der Waals surface area contributed by atoms with E-state index in [1.165, 1.54) is 6.20 Å². The number of aliphatic hydroxyl groups excluding tert-OH is 1. The number of nitrogens with one attached hydrogen (secondary N) is 1. The summed E-state index contributed by atoms with van der Waals surface area (Å²) in [4.78, 5) is 15.2. The maximum Gasteiger partial charge on any atom is 0.432 e. The van der Waals surface area contributed by atoms with Gasteiger partial charge in [-0.1, -0.05) is 20.9 Å². The van der Waals surface area contributed by atoms with Crippen LogP contribution in [0.1, 0.15) is 11.8 Å². The highest BCUT2D eigenvalue weighted by molar-refractivity contribution is 9.09. The molecule has 2 rings (SSSR count). The van der Waals surface area contributed by atoms with Gasteiger partial charge in [0.15, 0.2) is 0 Å². The van der Waals surface area contributed by atoms with E-state index in [1.807, 2.05) is 0 Å². The molecule has 1 aliphatic heterocycles. The Labute approximate surface area is 103 Å². The van der Waals surface area contributed by atoms with Crippen molar-refractivity contribution in [1.29, 1.82) is 0 Å². The maximum atomic E-state index is 12.5. The van der Waals surface area contributed by atoms with Crippen LogP contribution in [0.3, 0.4) is 0 Å². The predicted octanol–water partition coefficient (Wildman–Crippen LogP) is 0.852. The van der Waals surface area contributed by atoms with Crippen LogP contribution >= 0.6 is 15.9 Å². The summed E-state index contributed by atoms with van der Waals surface area (Å²) in [7, 11) is 0. The molecule has 0 unspecified atom stereocenters. The molecule has 17 heavy (non-hydrogen) atoms. The molecule has 1 aliphatic rings. The number of alkyl halides is 2. The molecule has 0 saturated carbocycles. The highest BCUT2D eigenvalue weighted by Gasteiger charge is 2.45. The molecule has 0 amide bonds. The van der Waals surface area contributed by atoms with Crippen LogP contribution in [-0.4, -0.2) is 43.7 Å². The highest BCUT2D eigenvalue weighted by Crippen LogP contribution is 2.37. The molecule has 2 heterocycles. The fourth-order valence-corrected chi connectivity index (χ4v) is 2.41. The fourth-order valence-electron chi connectivity index (χ4n) is 1.66. The Morgan fingerprint density at radius 1 is 1.76 bits per heavy atom. The van der Waals surface area contributed by atoms with Crippen LogP contribution in [0.25, 0.3) is 0 Å². The third-order valence-corrected chi connectivity index (χ3v) is 3.55. The van der Waals surface area contributed by atoms with Crippen molar-refractivity contribution in [2.24, 2.45) is 0 Å². The first-order valence-corrected chi connectivity index (χ1v) is 5.69. The van der Waals surface area contributed by atoms with Crippen molar-refractivity contribution >= 4 is 21.9 Å². The molecule has 4 atom stereocenters. The largest absolute Gasteiger partial charge is 0.432 e. The number of halogens is 2. The second-order valence-corrected chi connectivity index (χ2v) is 4.66. The molecule has 0 radical (unpaired) electrons. The molecule has 1 saturated heterocycles. The predicted molar refractivity (Wildman–Crippen MR) is 57.6 cm³/mol. The number of aromatic nitrogens is 2. The zero-order chi connectivity index (χ0) is 12.6. The van der Waals surface area contributed by atoms with Gasteiger partial charge in [0.05, 0.1) is 10.9 Å². The van der Waals surface area contributed by atoms with Gasteiger partial charge < -0.3 is 20.0 Å². The van der Waals surface area contributed by atoms with Crippen LogP contribution in [-0.2, 0) is 4.74 Å². The number of hydrogen-bond acceptors (Lipinski definition) is 5. The first-order valence-electron chi connectivity index (χ1n) is 4.77. The van der Waals surface area contributed by atoms with Gasteiger partial charge in [0, 0.05) is 0 Å². The molecule has 1 aromatic heterocycles. The van der Waals surface area contributed by atoms with Crippen molar-refractivity contribution in [3.8, 4) is 0 Å². The second-order valence-electron chi connectivity index (χ2n) is 3.60. The summed E-state index contributed by atoms with van der Waals surface area (Å²) in [5.74, 6) is -0.415. The van der Waals surface area contributed by atoms with Gasteiger partial charge >= 0.3 is 5.95 Å². The third-order valence-electron chi connectivity index (χ3n) is 2.53. The normalized spacial score (nSPS) is 32.9. The van der Waals surface area contributed by atoms with Gasteiger partial charge in [-0.3, -0.25) is 0 Å². The van der Waals surface area contributed by atoms with Crippen molar-refractivity contribution in [3.63, 3.8) is 0 Å². The first kappa shape index (κ1) is 12.4. The Kier molecular flexibility index (Phi) is 3.40.